The summed E-state index contributed by atoms with van der Waals surface area (Å²) in [6.45, 7) is 9.54. The fourth-order valence-electron chi connectivity index (χ4n) is 12.9. The largest absolute Gasteiger partial charge is 0.309 e. The minimum absolute atomic E-state index is 0.0898. The zero-order valence-corrected chi connectivity index (χ0v) is 40.5. The maximum Gasteiger partial charge on any atom is 0.0624 e. The van der Waals surface area contributed by atoms with Crippen LogP contribution in [0.25, 0.3) is 98.7 Å². The summed E-state index contributed by atoms with van der Waals surface area (Å²) >= 11 is 0. The molecule has 0 N–H and O–H groups in total. The standard InChI is InChI=1S/C70H51N/c1-69(2)62-35-21-19-30-51(62)57-40-45(37-39-63(57)69)65-53-31-15-16-32-54(53)66(46-36-38-52-50-29-18-20-34-61(50)70(3,4)64(52)41-46)60-43-58-56(42-59(60)65)49-28-14-17-33-55(49)68(67(58)44-22-8-5-9-23-44)71(47-24-10-6-11-25-47)48-26-12-7-13-27-48/h5-43H,1-4H3. The smallest absolute Gasteiger partial charge is 0.0624 e. The van der Waals surface area contributed by atoms with Gasteiger partial charge in [0.15, 0.2) is 0 Å². The Hall–Kier alpha value is -8.52. The van der Waals surface area contributed by atoms with Crippen molar-refractivity contribution in [1.82, 2.24) is 0 Å². The van der Waals surface area contributed by atoms with E-state index in [1.54, 1.807) is 0 Å². The monoisotopic (exact) mass is 905 g/mol. The van der Waals surface area contributed by atoms with E-state index in [0.29, 0.717) is 0 Å². The summed E-state index contributed by atoms with van der Waals surface area (Å²) in [5, 5.41) is 9.87. The normalized spacial score (nSPS) is 13.9. The first kappa shape index (κ1) is 41.5. The van der Waals surface area contributed by atoms with Crippen LogP contribution >= 0.6 is 0 Å². The fraction of sp³-hybridized carbons (Fsp3) is 0.0857. The van der Waals surface area contributed by atoms with Crippen LogP contribution in [0.15, 0.2) is 237 Å². The molecule has 1 nitrogen and oxygen atoms in total. The number of rotatable bonds is 6. The van der Waals surface area contributed by atoms with E-state index in [2.05, 4.69) is 269 Å². The van der Waals surface area contributed by atoms with Gasteiger partial charge in [-0.2, -0.15) is 0 Å². The molecular formula is C70H51N. The van der Waals surface area contributed by atoms with Crippen LogP contribution in [0.1, 0.15) is 49.9 Å². The summed E-state index contributed by atoms with van der Waals surface area (Å²) in [5.41, 5.74) is 21.4. The minimum atomic E-state index is -0.151. The average molecular weight is 906 g/mol. The second-order valence-corrected chi connectivity index (χ2v) is 20.7. The zero-order chi connectivity index (χ0) is 47.6. The van der Waals surface area contributed by atoms with Crippen molar-refractivity contribution < 1.29 is 0 Å². The average Bonchev–Trinajstić information content (AvgIpc) is 3.79. The lowest BCUT2D eigenvalue weighted by Gasteiger charge is -2.31. The molecule has 71 heavy (non-hydrogen) atoms. The molecule has 12 aromatic rings. The van der Waals surface area contributed by atoms with Crippen molar-refractivity contribution in [1.29, 1.82) is 0 Å². The molecule has 0 heterocycles. The van der Waals surface area contributed by atoms with E-state index in [-0.39, 0.29) is 10.8 Å². The maximum absolute atomic E-state index is 2.57. The first-order valence-corrected chi connectivity index (χ1v) is 25.1. The van der Waals surface area contributed by atoms with Crippen molar-refractivity contribution in [3.05, 3.63) is 259 Å². The summed E-state index contributed by atoms with van der Waals surface area (Å²) < 4.78 is 0. The van der Waals surface area contributed by atoms with Crippen LogP contribution in [-0.4, -0.2) is 0 Å². The second kappa shape index (κ2) is 15.5. The first-order valence-electron chi connectivity index (χ1n) is 25.1. The molecule has 0 spiro atoms. The Morgan fingerprint density at radius 1 is 0.254 bits per heavy atom. The highest BCUT2D eigenvalue weighted by atomic mass is 15.1. The molecule has 0 fully saturated rings. The molecule has 0 saturated carbocycles. The van der Waals surface area contributed by atoms with E-state index in [1.807, 2.05) is 0 Å². The van der Waals surface area contributed by atoms with Crippen molar-refractivity contribution in [2.24, 2.45) is 0 Å². The quantitative estimate of drug-likeness (QED) is 0.119. The molecular weight excluding hydrogens is 855 g/mol. The van der Waals surface area contributed by atoms with E-state index < -0.39 is 0 Å². The van der Waals surface area contributed by atoms with Crippen LogP contribution < -0.4 is 4.90 Å². The highest BCUT2D eigenvalue weighted by Crippen LogP contribution is 2.56. The molecule has 336 valence electrons. The van der Waals surface area contributed by atoms with E-state index in [4.69, 9.17) is 0 Å². The summed E-state index contributed by atoms with van der Waals surface area (Å²) in [4.78, 5) is 2.48. The van der Waals surface area contributed by atoms with Gasteiger partial charge in [0, 0.05) is 33.2 Å². The Kier molecular flexibility index (Phi) is 9.05. The highest BCUT2D eigenvalue weighted by molar-refractivity contribution is 6.30. The fourth-order valence-corrected chi connectivity index (χ4v) is 12.9. The minimum Gasteiger partial charge on any atom is -0.309 e. The molecule has 0 saturated heterocycles. The van der Waals surface area contributed by atoms with Gasteiger partial charge in [0.1, 0.15) is 0 Å². The summed E-state index contributed by atoms with van der Waals surface area (Å²) in [6.07, 6.45) is 0. The third kappa shape index (κ3) is 6.06. The van der Waals surface area contributed by atoms with Crippen molar-refractivity contribution in [2.75, 3.05) is 4.90 Å². The van der Waals surface area contributed by atoms with Crippen LogP contribution in [0.3, 0.4) is 0 Å². The molecule has 0 amide bonds. The Morgan fingerprint density at radius 3 is 1.30 bits per heavy atom. The van der Waals surface area contributed by atoms with E-state index in [9.17, 15) is 0 Å². The molecule has 0 bridgehead atoms. The zero-order valence-electron chi connectivity index (χ0n) is 40.5. The highest BCUT2D eigenvalue weighted by Gasteiger charge is 2.37. The van der Waals surface area contributed by atoms with Gasteiger partial charge >= 0.3 is 0 Å². The Balaban J connectivity index is 1.17. The number of hydrogen-bond donors (Lipinski definition) is 0. The topological polar surface area (TPSA) is 3.24 Å². The summed E-state index contributed by atoms with van der Waals surface area (Å²) in [7, 11) is 0. The molecule has 0 aromatic heterocycles. The van der Waals surface area contributed by atoms with E-state index >= 15 is 0 Å². The van der Waals surface area contributed by atoms with Gasteiger partial charge in [0.05, 0.1) is 5.69 Å². The van der Waals surface area contributed by atoms with Crippen LogP contribution in [-0.2, 0) is 10.8 Å². The van der Waals surface area contributed by atoms with Gasteiger partial charge in [-0.3, -0.25) is 0 Å². The molecule has 0 atom stereocenters. The maximum atomic E-state index is 2.57. The number of benzene rings is 12. The van der Waals surface area contributed by atoms with Crippen molar-refractivity contribution in [3.63, 3.8) is 0 Å². The van der Waals surface area contributed by atoms with Crippen LogP contribution in [0.2, 0.25) is 0 Å². The molecule has 0 unspecified atom stereocenters. The number of anilines is 3. The number of para-hydroxylation sites is 2. The third-order valence-electron chi connectivity index (χ3n) is 16.2. The van der Waals surface area contributed by atoms with Gasteiger partial charge in [0.25, 0.3) is 0 Å². The lowest BCUT2D eigenvalue weighted by Crippen LogP contribution is -2.14. The van der Waals surface area contributed by atoms with E-state index in [0.717, 1.165) is 17.1 Å². The molecule has 0 radical (unpaired) electrons. The van der Waals surface area contributed by atoms with Gasteiger partial charge in [-0.05, 0) is 159 Å². The second-order valence-electron chi connectivity index (χ2n) is 20.7. The molecule has 12 aromatic carbocycles. The summed E-state index contributed by atoms with van der Waals surface area (Å²) in [6, 6.07) is 88.9. The lowest BCUT2D eigenvalue weighted by atomic mass is 9.79. The lowest BCUT2D eigenvalue weighted by molar-refractivity contribution is 0.660. The molecule has 2 aliphatic rings. The number of nitrogens with zero attached hydrogens (tertiary/aromatic N) is 1. The number of hydrogen-bond acceptors (Lipinski definition) is 1. The van der Waals surface area contributed by atoms with Crippen molar-refractivity contribution >= 4 is 60.2 Å². The van der Waals surface area contributed by atoms with Gasteiger partial charge < -0.3 is 4.90 Å². The van der Waals surface area contributed by atoms with Crippen LogP contribution in [0.4, 0.5) is 17.1 Å². The summed E-state index contributed by atoms with van der Waals surface area (Å²) in [5.74, 6) is 0. The Morgan fingerprint density at radius 2 is 0.676 bits per heavy atom. The molecule has 0 aliphatic heterocycles. The van der Waals surface area contributed by atoms with Gasteiger partial charge in [-0.25, -0.2) is 0 Å². The molecule has 1 heteroatoms. The predicted molar refractivity (Wildman–Crippen MR) is 303 cm³/mol. The Bertz CT molecular complexity index is 4100. The SMILES string of the molecule is CC1(C)c2ccccc2-c2cc(-c3c4ccccc4c(-c4ccc5c(c4)C(C)(C)c4ccccc4-5)c4cc5c(-c6ccccc6)c(N(c6ccccc6)c6ccccc6)c6ccccc6c5cc34)ccc21. The molecule has 2 aliphatic carbocycles. The van der Waals surface area contributed by atoms with Crippen molar-refractivity contribution in [2.45, 2.75) is 38.5 Å². The van der Waals surface area contributed by atoms with Crippen molar-refractivity contribution in [3.8, 4) is 55.6 Å². The van der Waals surface area contributed by atoms with Gasteiger partial charge in [-0.1, -0.05) is 216 Å². The molecule has 14 rings (SSSR count). The van der Waals surface area contributed by atoms with Crippen LogP contribution in [0, 0.1) is 0 Å². The van der Waals surface area contributed by atoms with Crippen LogP contribution in [0.5, 0.6) is 0 Å². The third-order valence-corrected chi connectivity index (χ3v) is 16.2. The first-order chi connectivity index (χ1) is 34.8. The Labute approximate surface area is 415 Å². The number of fused-ring (bicyclic) bond motifs is 11. The predicted octanol–water partition coefficient (Wildman–Crippen LogP) is 19.4. The van der Waals surface area contributed by atoms with Gasteiger partial charge in [0.2, 0.25) is 0 Å². The van der Waals surface area contributed by atoms with Gasteiger partial charge in [-0.15, -0.1) is 0 Å². The van der Waals surface area contributed by atoms with E-state index in [1.165, 1.54) is 121 Å².